The van der Waals surface area contributed by atoms with Crippen LogP contribution in [0.15, 0.2) is 48.5 Å². The van der Waals surface area contributed by atoms with E-state index in [0.29, 0.717) is 17.9 Å². The number of hydrogen-bond acceptors (Lipinski definition) is 4. The standard InChI is InChI=1S/C21H28N2O4S/c1-6-20(21(24)22-16(3)19-10-8-7-9-15(19)2)27-18-13-11-17(12-14-18)23(4)28(5,25)26/h7-14,16,20H,6H2,1-5H3,(H,22,24)/t16-,20-/m0/s1. The Labute approximate surface area is 167 Å². The molecule has 0 fully saturated rings. The first-order chi connectivity index (χ1) is 13.1. The molecule has 2 aromatic carbocycles. The van der Waals surface area contributed by atoms with Crippen LogP contribution in [-0.4, -0.2) is 33.7 Å². The molecule has 0 aromatic heterocycles. The van der Waals surface area contributed by atoms with E-state index in [4.69, 9.17) is 4.74 Å². The van der Waals surface area contributed by atoms with Crippen molar-refractivity contribution in [2.45, 2.75) is 39.3 Å². The molecular formula is C21H28N2O4S. The summed E-state index contributed by atoms with van der Waals surface area (Å²) in [4.78, 5) is 12.7. The summed E-state index contributed by atoms with van der Waals surface area (Å²) in [7, 11) is -1.84. The van der Waals surface area contributed by atoms with Gasteiger partial charge in [0.05, 0.1) is 18.0 Å². The van der Waals surface area contributed by atoms with Crippen molar-refractivity contribution >= 4 is 21.6 Å². The monoisotopic (exact) mass is 404 g/mol. The van der Waals surface area contributed by atoms with Crippen LogP contribution in [0.5, 0.6) is 5.75 Å². The van der Waals surface area contributed by atoms with Crippen molar-refractivity contribution in [3.8, 4) is 5.75 Å². The molecule has 1 N–H and O–H groups in total. The number of carbonyl (C=O) groups is 1. The van der Waals surface area contributed by atoms with Gasteiger partial charge in [-0.05, 0) is 55.7 Å². The topological polar surface area (TPSA) is 75.7 Å². The Morgan fingerprint density at radius 1 is 1.14 bits per heavy atom. The highest BCUT2D eigenvalue weighted by Gasteiger charge is 2.21. The highest BCUT2D eigenvalue weighted by atomic mass is 32.2. The van der Waals surface area contributed by atoms with Crippen molar-refractivity contribution in [1.29, 1.82) is 0 Å². The minimum absolute atomic E-state index is 0.128. The van der Waals surface area contributed by atoms with E-state index in [0.717, 1.165) is 17.4 Å². The summed E-state index contributed by atoms with van der Waals surface area (Å²) in [5.41, 5.74) is 2.72. The predicted octanol–water partition coefficient (Wildman–Crippen LogP) is 3.43. The van der Waals surface area contributed by atoms with Crippen LogP contribution in [0, 0.1) is 6.92 Å². The van der Waals surface area contributed by atoms with E-state index in [9.17, 15) is 13.2 Å². The fraction of sp³-hybridized carbons (Fsp3) is 0.381. The number of anilines is 1. The van der Waals surface area contributed by atoms with Gasteiger partial charge in [0.25, 0.3) is 5.91 Å². The summed E-state index contributed by atoms with van der Waals surface area (Å²) in [5.74, 6) is 0.326. The smallest absolute Gasteiger partial charge is 0.261 e. The van der Waals surface area contributed by atoms with Crippen molar-refractivity contribution in [2.24, 2.45) is 0 Å². The molecule has 152 valence electrons. The lowest BCUT2D eigenvalue weighted by Gasteiger charge is -2.22. The number of amides is 1. The second-order valence-corrected chi connectivity index (χ2v) is 8.84. The van der Waals surface area contributed by atoms with Crippen LogP contribution in [-0.2, 0) is 14.8 Å². The van der Waals surface area contributed by atoms with Crippen LogP contribution in [0.1, 0.15) is 37.4 Å². The van der Waals surface area contributed by atoms with Crippen molar-refractivity contribution < 1.29 is 17.9 Å². The average Bonchev–Trinajstić information content (AvgIpc) is 2.65. The van der Waals surface area contributed by atoms with Crippen molar-refractivity contribution in [3.05, 3.63) is 59.7 Å². The Morgan fingerprint density at radius 3 is 2.29 bits per heavy atom. The molecular weight excluding hydrogens is 376 g/mol. The number of nitrogens with zero attached hydrogens (tertiary/aromatic N) is 1. The molecule has 0 heterocycles. The molecule has 2 aromatic rings. The first-order valence-electron chi connectivity index (χ1n) is 9.20. The Kier molecular flexibility index (Phi) is 7.07. The molecule has 0 spiro atoms. The van der Waals surface area contributed by atoms with Crippen LogP contribution in [0.25, 0.3) is 0 Å². The van der Waals surface area contributed by atoms with Crippen LogP contribution in [0.4, 0.5) is 5.69 Å². The van der Waals surface area contributed by atoms with Gasteiger partial charge in [-0.25, -0.2) is 8.42 Å². The highest BCUT2D eigenvalue weighted by molar-refractivity contribution is 7.92. The molecule has 2 rings (SSSR count). The van der Waals surface area contributed by atoms with E-state index in [2.05, 4.69) is 5.32 Å². The van der Waals surface area contributed by atoms with Gasteiger partial charge in [0.2, 0.25) is 10.0 Å². The zero-order valence-corrected chi connectivity index (χ0v) is 17.8. The van der Waals surface area contributed by atoms with E-state index in [1.54, 1.807) is 24.3 Å². The van der Waals surface area contributed by atoms with E-state index in [-0.39, 0.29) is 11.9 Å². The van der Waals surface area contributed by atoms with E-state index in [1.807, 2.05) is 45.0 Å². The SMILES string of the molecule is CC[C@H](Oc1ccc(N(C)S(C)(=O)=O)cc1)C(=O)N[C@@H](C)c1ccccc1C. The lowest BCUT2D eigenvalue weighted by molar-refractivity contribution is -0.128. The fourth-order valence-corrected chi connectivity index (χ4v) is 3.37. The molecule has 0 radical (unpaired) electrons. The molecule has 0 saturated heterocycles. The molecule has 0 unspecified atom stereocenters. The first kappa shape index (κ1) is 21.8. The molecule has 28 heavy (non-hydrogen) atoms. The molecule has 0 bridgehead atoms. The molecule has 1 amide bonds. The van der Waals surface area contributed by atoms with Gasteiger partial charge in [0, 0.05) is 7.05 Å². The first-order valence-corrected chi connectivity index (χ1v) is 11.0. The predicted molar refractivity (Wildman–Crippen MR) is 112 cm³/mol. The van der Waals surface area contributed by atoms with Gasteiger partial charge in [-0.1, -0.05) is 31.2 Å². The maximum Gasteiger partial charge on any atom is 0.261 e. The summed E-state index contributed by atoms with van der Waals surface area (Å²) in [5, 5.41) is 3.01. The lowest BCUT2D eigenvalue weighted by atomic mass is 10.0. The highest BCUT2D eigenvalue weighted by Crippen LogP contribution is 2.22. The van der Waals surface area contributed by atoms with Gasteiger partial charge in [-0.2, -0.15) is 0 Å². The zero-order valence-electron chi connectivity index (χ0n) is 17.0. The maximum atomic E-state index is 12.7. The number of ether oxygens (including phenoxy) is 1. The number of nitrogens with one attached hydrogen (secondary N) is 1. The maximum absolute atomic E-state index is 12.7. The second kappa shape index (κ2) is 9.10. The Morgan fingerprint density at radius 2 is 1.75 bits per heavy atom. The van der Waals surface area contributed by atoms with E-state index >= 15 is 0 Å². The fourth-order valence-electron chi connectivity index (χ4n) is 2.87. The average molecular weight is 405 g/mol. The Hall–Kier alpha value is -2.54. The largest absolute Gasteiger partial charge is 0.481 e. The third kappa shape index (κ3) is 5.48. The van der Waals surface area contributed by atoms with Crippen molar-refractivity contribution in [2.75, 3.05) is 17.6 Å². The quantitative estimate of drug-likeness (QED) is 0.731. The summed E-state index contributed by atoms with van der Waals surface area (Å²) in [6, 6.07) is 14.4. The number of rotatable bonds is 8. The van der Waals surface area contributed by atoms with E-state index in [1.165, 1.54) is 11.4 Å². The third-order valence-electron chi connectivity index (χ3n) is 4.65. The van der Waals surface area contributed by atoms with Crippen molar-refractivity contribution in [3.63, 3.8) is 0 Å². The zero-order chi connectivity index (χ0) is 20.9. The minimum Gasteiger partial charge on any atom is -0.481 e. The molecule has 0 aliphatic heterocycles. The number of carbonyl (C=O) groups excluding carboxylic acids is 1. The molecule has 7 heteroatoms. The Bertz CT molecular complexity index is 910. The van der Waals surface area contributed by atoms with Gasteiger partial charge >= 0.3 is 0 Å². The van der Waals surface area contributed by atoms with Gasteiger partial charge in [-0.3, -0.25) is 9.10 Å². The lowest BCUT2D eigenvalue weighted by Crippen LogP contribution is -2.39. The molecule has 0 aliphatic carbocycles. The van der Waals surface area contributed by atoms with Crippen molar-refractivity contribution in [1.82, 2.24) is 5.32 Å². The Balaban J connectivity index is 2.05. The van der Waals surface area contributed by atoms with Crippen LogP contribution in [0.2, 0.25) is 0 Å². The van der Waals surface area contributed by atoms with Gasteiger partial charge < -0.3 is 10.1 Å². The van der Waals surface area contributed by atoms with Crippen LogP contribution < -0.4 is 14.4 Å². The summed E-state index contributed by atoms with van der Waals surface area (Å²) in [6.07, 6.45) is 1.02. The minimum atomic E-state index is -3.32. The summed E-state index contributed by atoms with van der Waals surface area (Å²) in [6.45, 7) is 5.85. The molecule has 0 aliphatic rings. The van der Waals surface area contributed by atoms with Crippen LogP contribution >= 0.6 is 0 Å². The molecule has 6 nitrogen and oxygen atoms in total. The summed E-state index contributed by atoms with van der Waals surface area (Å²) >= 11 is 0. The van der Waals surface area contributed by atoms with E-state index < -0.39 is 16.1 Å². The second-order valence-electron chi connectivity index (χ2n) is 6.83. The van der Waals surface area contributed by atoms with Crippen LogP contribution in [0.3, 0.4) is 0 Å². The molecule has 0 saturated carbocycles. The normalized spacial score (nSPS) is 13.5. The van der Waals surface area contributed by atoms with Gasteiger partial charge in [0.1, 0.15) is 5.75 Å². The third-order valence-corrected chi connectivity index (χ3v) is 5.86. The number of benzene rings is 2. The number of sulfonamides is 1. The number of hydrogen-bond donors (Lipinski definition) is 1. The van der Waals surface area contributed by atoms with Gasteiger partial charge in [0.15, 0.2) is 6.10 Å². The number of aryl methyl sites for hydroxylation is 1. The molecule has 2 atom stereocenters. The van der Waals surface area contributed by atoms with Gasteiger partial charge in [-0.15, -0.1) is 0 Å². The summed E-state index contributed by atoms with van der Waals surface area (Å²) < 4.78 is 30.2.